The third-order valence-corrected chi connectivity index (χ3v) is 2.56. The van der Waals surface area contributed by atoms with Gasteiger partial charge in [0.05, 0.1) is 18.1 Å². The number of rotatable bonds is 3. The lowest BCUT2D eigenvalue weighted by Crippen LogP contribution is -2.17. The first-order valence-corrected chi connectivity index (χ1v) is 5.40. The van der Waals surface area contributed by atoms with E-state index < -0.39 is 0 Å². The van der Waals surface area contributed by atoms with Crippen LogP contribution in [0.3, 0.4) is 0 Å². The normalized spacial score (nSPS) is 19.7. The van der Waals surface area contributed by atoms with E-state index in [9.17, 15) is 4.79 Å². The molecule has 2 heterocycles. The van der Waals surface area contributed by atoms with E-state index in [1.165, 1.54) is 0 Å². The predicted octanol–water partition coefficient (Wildman–Crippen LogP) is 1.15. The molecule has 1 aromatic heterocycles. The zero-order chi connectivity index (χ0) is 11.4. The molecule has 5 heteroatoms. The van der Waals surface area contributed by atoms with Gasteiger partial charge in [-0.15, -0.1) is 0 Å². The minimum absolute atomic E-state index is 0.00273. The summed E-state index contributed by atoms with van der Waals surface area (Å²) in [6.07, 6.45) is 4.71. The molecule has 1 aliphatic rings. The van der Waals surface area contributed by atoms with Gasteiger partial charge in [0.25, 0.3) is 0 Å². The molecule has 2 rings (SSSR count). The van der Waals surface area contributed by atoms with Gasteiger partial charge in [0.15, 0.2) is 0 Å². The fourth-order valence-electron chi connectivity index (χ4n) is 1.68. The molecule has 5 nitrogen and oxygen atoms in total. The zero-order valence-corrected chi connectivity index (χ0v) is 9.27. The van der Waals surface area contributed by atoms with E-state index in [0.717, 1.165) is 13.0 Å². The summed E-state index contributed by atoms with van der Waals surface area (Å²) >= 11 is 0. The van der Waals surface area contributed by atoms with E-state index in [4.69, 9.17) is 4.74 Å². The van der Waals surface area contributed by atoms with E-state index in [-0.39, 0.29) is 5.91 Å². The molecule has 0 unspecified atom stereocenters. The summed E-state index contributed by atoms with van der Waals surface area (Å²) in [6.45, 7) is 3.27. The van der Waals surface area contributed by atoms with Gasteiger partial charge < -0.3 is 10.1 Å². The number of aromatic nitrogens is 2. The molecule has 1 fully saturated rings. The first-order chi connectivity index (χ1) is 7.74. The monoisotopic (exact) mass is 221 g/mol. The molecule has 1 aliphatic heterocycles. The lowest BCUT2D eigenvalue weighted by Gasteiger charge is -2.07. The van der Waals surface area contributed by atoms with Gasteiger partial charge >= 0.3 is 0 Å². The van der Waals surface area contributed by atoms with E-state index in [1.54, 1.807) is 12.4 Å². The highest BCUT2D eigenvalue weighted by Crippen LogP contribution is 2.17. The highest BCUT2D eigenvalue weighted by molar-refractivity contribution is 5.90. The van der Waals surface area contributed by atoms with Crippen LogP contribution in [0.5, 0.6) is 0 Å². The van der Waals surface area contributed by atoms with Crippen molar-refractivity contribution >= 4 is 11.6 Å². The smallest absolute Gasteiger partial charge is 0.224 e. The van der Waals surface area contributed by atoms with E-state index in [1.807, 2.05) is 6.92 Å². The largest absolute Gasteiger partial charge is 0.381 e. The fourth-order valence-corrected chi connectivity index (χ4v) is 1.68. The minimum atomic E-state index is 0.00273. The van der Waals surface area contributed by atoms with Crippen LogP contribution < -0.4 is 5.32 Å². The lowest BCUT2D eigenvalue weighted by atomic mass is 10.1. The molecule has 1 amide bonds. The molecule has 0 aliphatic carbocycles. The molecular formula is C11H15N3O2. The van der Waals surface area contributed by atoms with Gasteiger partial charge in [0.1, 0.15) is 5.82 Å². The van der Waals surface area contributed by atoms with Gasteiger partial charge in [-0.05, 0) is 19.3 Å². The Labute approximate surface area is 94.2 Å². The Kier molecular flexibility index (Phi) is 3.46. The first-order valence-electron chi connectivity index (χ1n) is 5.40. The van der Waals surface area contributed by atoms with Crippen LogP contribution in [0, 0.1) is 12.8 Å². The van der Waals surface area contributed by atoms with Crippen molar-refractivity contribution in [3.8, 4) is 0 Å². The van der Waals surface area contributed by atoms with E-state index >= 15 is 0 Å². The van der Waals surface area contributed by atoms with Crippen LogP contribution in [0.2, 0.25) is 0 Å². The molecule has 1 atom stereocenters. The summed E-state index contributed by atoms with van der Waals surface area (Å²) in [6, 6.07) is 0. The summed E-state index contributed by atoms with van der Waals surface area (Å²) < 4.78 is 5.22. The van der Waals surface area contributed by atoms with Crippen molar-refractivity contribution in [3.63, 3.8) is 0 Å². The highest BCUT2D eigenvalue weighted by atomic mass is 16.5. The van der Waals surface area contributed by atoms with Gasteiger partial charge in [-0.3, -0.25) is 4.79 Å². The standard InChI is InChI=1S/C11H15N3O2/c1-8-12-5-10(6-13-8)14-11(15)4-9-2-3-16-7-9/h5-6,9H,2-4,7H2,1H3,(H,14,15)/t9-/m1/s1. The van der Waals surface area contributed by atoms with Gasteiger partial charge in [0, 0.05) is 19.6 Å². The zero-order valence-electron chi connectivity index (χ0n) is 9.27. The molecule has 0 saturated carbocycles. The Morgan fingerprint density at radius 2 is 2.31 bits per heavy atom. The van der Waals surface area contributed by atoms with Crippen LogP contribution in [-0.2, 0) is 9.53 Å². The Balaban J connectivity index is 1.84. The topological polar surface area (TPSA) is 64.1 Å². The number of amides is 1. The molecule has 0 radical (unpaired) electrons. The molecule has 16 heavy (non-hydrogen) atoms. The SMILES string of the molecule is Cc1ncc(NC(=O)C[C@H]2CCOC2)cn1. The minimum Gasteiger partial charge on any atom is -0.381 e. The molecule has 0 aromatic carbocycles. The third-order valence-electron chi connectivity index (χ3n) is 2.56. The van der Waals surface area contributed by atoms with Gasteiger partial charge in [-0.25, -0.2) is 9.97 Å². The second-order valence-electron chi connectivity index (χ2n) is 4.00. The molecule has 1 saturated heterocycles. The number of hydrogen-bond donors (Lipinski definition) is 1. The number of hydrogen-bond acceptors (Lipinski definition) is 4. The van der Waals surface area contributed by atoms with Crippen molar-refractivity contribution in [3.05, 3.63) is 18.2 Å². The summed E-state index contributed by atoms with van der Waals surface area (Å²) in [7, 11) is 0. The van der Waals surface area contributed by atoms with Gasteiger partial charge in [0.2, 0.25) is 5.91 Å². The predicted molar refractivity (Wildman–Crippen MR) is 58.9 cm³/mol. The number of nitrogens with zero attached hydrogens (tertiary/aromatic N) is 2. The number of carbonyl (C=O) groups excluding carboxylic acids is 1. The molecule has 1 N–H and O–H groups in total. The second kappa shape index (κ2) is 5.03. The molecule has 1 aromatic rings. The maximum atomic E-state index is 11.6. The summed E-state index contributed by atoms with van der Waals surface area (Å²) in [5, 5.41) is 2.78. The molecule has 0 bridgehead atoms. The second-order valence-corrected chi connectivity index (χ2v) is 4.00. The maximum absolute atomic E-state index is 11.6. The molecule has 86 valence electrons. The average molecular weight is 221 g/mol. The van der Waals surface area contributed by atoms with Crippen LogP contribution in [-0.4, -0.2) is 29.1 Å². The Bertz CT molecular complexity index is 358. The quantitative estimate of drug-likeness (QED) is 0.831. The molecule has 0 spiro atoms. The fraction of sp³-hybridized carbons (Fsp3) is 0.545. The summed E-state index contributed by atoms with van der Waals surface area (Å²) in [5.74, 6) is 1.05. The first kappa shape index (κ1) is 11.0. The van der Waals surface area contributed by atoms with Crippen molar-refractivity contribution in [2.24, 2.45) is 5.92 Å². The summed E-state index contributed by atoms with van der Waals surface area (Å²) in [4.78, 5) is 19.7. The van der Waals surface area contributed by atoms with Crippen molar-refractivity contribution in [2.45, 2.75) is 19.8 Å². The van der Waals surface area contributed by atoms with E-state index in [2.05, 4.69) is 15.3 Å². The van der Waals surface area contributed by atoms with E-state index in [0.29, 0.717) is 30.5 Å². The van der Waals surface area contributed by atoms with Crippen molar-refractivity contribution in [2.75, 3.05) is 18.5 Å². The maximum Gasteiger partial charge on any atom is 0.224 e. The van der Waals surface area contributed by atoms with Crippen molar-refractivity contribution in [1.82, 2.24) is 9.97 Å². The molecular weight excluding hydrogens is 206 g/mol. The van der Waals surface area contributed by atoms with Crippen LogP contribution in [0.25, 0.3) is 0 Å². The number of ether oxygens (including phenoxy) is 1. The van der Waals surface area contributed by atoms with Crippen LogP contribution in [0.1, 0.15) is 18.7 Å². The van der Waals surface area contributed by atoms with Crippen LogP contribution in [0.4, 0.5) is 5.69 Å². The average Bonchev–Trinajstić information content (AvgIpc) is 2.74. The Morgan fingerprint density at radius 1 is 1.56 bits per heavy atom. The number of anilines is 1. The number of nitrogens with one attached hydrogen (secondary N) is 1. The van der Waals surface area contributed by atoms with Gasteiger partial charge in [-0.2, -0.15) is 0 Å². The highest BCUT2D eigenvalue weighted by Gasteiger charge is 2.19. The Morgan fingerprint density at radius 3 is 2.94 bits per heavy atom. The van der Waals surface area contributed by atoms with Crippen molar-refractivity contribution in [1.29, 1.82) is 0 Å². The summed E-state index contributed by atoms with van der Waals surface area (Å²) in [5.41, 5.74) is 0.648. The number of carbonyl (C=O) groups is 1. The Hall–Kier alpha value is -1.49. The van der Waals surface area contributed by atoms with Crippen molar-refractivity contribution < 1.29 is 9.53 Å². The van der Waals surface area contributed by atoms with Crippen LogP contribution >= 0.6 is 0 Å². The van der Waals surface area contributed by atoms with Crippen LogP contribution in [0.15, 0.2) is 12.4 Å². The lowest BCUT2D eigenvalue weighted by molar-refractivity contribution is -0.117. The van der Waals surface area contributed by atoms with Gasteiger partial charge in [-0.1, -0.05) is 0 Å². The number of aryl methyl sites for hydroxylation is 1. The third kappa shape index (κ3) is 3.00.